The lowest BCUT2D eigenvalue weighted by Crippen LogP contribution is -2.41. The highest BCUT2D eigenvalue weighted by Gasteiger charge is 2.27. The summed E-state index contributed by atoms with van der Waals surface area (Å²) >= 11 is 0. The molecule has 0 saturated carbocycles. The summed E-state index contributed by atoms with van der Waals surface area (Å²) in [5.41, 5.74) is 2.59. The van der Waals surface area contributed by atoms with Gasteiger partial charge < -0.3 is 18.8 Å². The number of carbonyl (C=O) groups is 1. The summed E-state index contributed by atoms with van der Waals surface area (Å²) in [6, 6.07) is 6.22. The zero-order valence-electron chi connectivity index (χ0n) is 19.4. The van der Waals surface area contributed by atoms with E-state index in [0.717, 1.165) is 18.7 Å². The van der Waals surface area contributed by atoms with Crippen molar-refractivity contribution in [2.75, 3.05) is 33.4 Å². The summed E-state index contributed by atoms with van der Waals surface area (Å²) in [6.07, 6.45) is 2.22. The number of halogens is 2. The number of aryl methyl sites for hydroxylation is 1. The maximum Gasteiger partial charge on any atom is 0.313 e. The molecule has 2 atom stereocenters. The van der Waals surface area contributed by atoms with Crippen LogP contribution < -0.4 is 0 Å². The summed E-state index contributed by atoms with van der Waals surface area (Å²) < 4.78 is 43.5. The average Bonchev–Trinajstić information content (AvgIpc) is 3.09. The molecular formula is C25H29F2N3O3. The molecule has 2 unspecified atom stereocenters. The molecule has 6 nitrogen and oxygen atoms in total. The summed E-state index contributed by atoms with van der Waals surface area (Å²) in [5.74, 6) is -2.82. The van der Waals surface area contributed by atoms with Crippen LogP contribution in [0.4, 0.5) is 8.78 Å². The van der Waals surface area contributed by atoms with Crippen LogP contribution in [-0.2, 0) is 20.7 Å². The molecule has 1 aliphatic heterocycles. The molecule has 2 aromatic heterocycles. The van der Waals surface area contributed by atoms with Crippen molar-refractivity contribution in [1.82, 2.24) is 14.3 Å². The first-order valence-corrected chi connectivity index (χ1v) is 11.2. The monoisotopic (exact) mass is 457 g/mol. The summed E-state index contributed by atoms with van der Waals surface area (Å²) in [7, 11) is 2.02. The molecule has 0 spiro atoms. The lowest BCUT2D eigenvalue weighted by Gasteiger charge is -2.30. The van der Waals surface area contributed by atoms with Gasteiger partial charge in [-0.3, -0.25) is 4.79 Å². The van der Waals surface area contributed by atoms with Crippen molar-refractivity contribution in [3.63, 3.8) is 0 Å². The second-order valence-corrected chi connectivity index (χ2v) is 8.63. The minimum absolute atomic E-state index is 0.113. The van der Waals surface area contributed by atoms with E-state index in [-0.39, 0.29) is 29.5 Å². The Balaban J connectivity index is 1.79. The quantitative estimate of drug-likeness (QED) is 0.521. The Morgan fingerprint density at radius 2 is 2.03 bits per heavy atom. The van der Waals surface area contributed by atoms with Gasteiger partial charge in [-0.05, 0) is 63.2 Å². The maximum atomic E-state index is 15.4. The molecule has 33 heavy (non-hydrogen) atoms. The Kier molecular flexibility index (Phi) is 6.76. The third-order valence-corrected chi connectivity index (χ3v) is 6.08. The largest absolute Gasteiger partial charge is 0.466 e. The number of fused-ring (bicyclic) bond motifs is 1. The maximum absolute atomic E-state index is 15.4. The molecule has 0 N–H and O–H groups in total. The minimum Gasteiger partial charge on any atom is -0.466 e. The molecule has 1 aliphatic rings. The molecule has 0 bridgehead atoms. The van der Waals surface area contributed by atoms with Gasteiger partial charge in [0.1, 0.15) is 17.3 Å². The van der Waals surface area contributed by atoms with Crippen LogP contribution in [0.15, 0.2) is 30.5 Å². The number of esters is 1. The van der Waals surface area contributed by atoms with Gasteiger partial charge in [0.05, 0.1) is 42.2 Å². The van der Waals surface area contributed by atoms with Crippen LogP contribution in [0.5, 0.6) is 0 Å². The molecule has 4 rings (SSSR count). The van der Waals surface area contributed by atoms with Crippen LogP contribution in [0.25, 0.3) is 16.9 Å². The van der Waals surface area contributed by atoms with E-state index in [1.807, 2.05) is 36.7 Å². The highest BCUT2D eigenvalue weighted by Crippen LogP contribution is 2.33. The molecule has 3 aromatic rings. The number of nitrogens with zero attached hydrogens (tertiary/aromatic N) is 3. The Morgan fingerprint density at radius 1 is 1.30 bits per heavy atom. The number of rotatable bonds is 6. The Hall–Kier alpha value is -2.84. The normalized spacial score (nSPS) is 17.9. The van der Waals surface area contributed by atoms with E-state index in [2.05, 4.69) is 9.88 Å². The van der Waals surface area contributed by atoms with Crippen molar-refractivity contribution in [3.8, 4) is 11.3 Å². The number of hydrogen-bond acceptors (Lipinski definition) is 5. The van der Waals surface area contributed by atoms with E-state index in [9.17, 15) is 4.79 Å². The lowest BCUT2D eigenvalue weighted by molar-refractivity contribution is -0.144. The minimum atomic E-state index is -0.780. The van der Waals surface area contributed by atoms with Crippen LogP contribution >= 0.6 is 0 Å². The smallest absolute Gasteiger partial charge is 0.313 e. The number of imidazole rings is 1. The number of aromatic nitrogens is 2. The molecule has 1 fully saturated rings. The first-order chi connectivity index (χ1) is 15.8. The van der Waals surface area contributed by atoms with Gasteiger partial charge in [0, 0.05) is 25.7 Å². The predicted molar refractivity (Wildman–Crippen MR) is 121 cm³/mol. The van der Waals surface area contributed by atoms with Gasteiger partial charge >= 0.3 is 5.97 Å². The third-order valence-electron chi connectivity index (χ3n) is 6.08. The molecule has 3 heterocycles. The lowest BCUT2D eigenvalue weighted by atomic mass is 9.97. The van der Waals surface area contributed by atoms with E-state index in [1.54, 1.807) is 13.8 Å². The van der Waals surface area contributed by atoms with Gasteiger partial charge in [0.2, 0.25) is 0 Å². The van der Waals surface area contributed by atoms with Gasteiger partial charge in [0.15, 0.2) is 0 Å². The van der Waals surface area contributed by atoms with Crippen LogP contribution in [-0.4, -0.2) is 59.7 Å². The molecular weight excluding hydrogens is 428 g/mol. The molecule has 1 saturated heterocycles. The van der Waals surface area contributed by atoms with Crippen LogP contribution in [0, 0.1) is 18.6 Å². The van der Waals surface area contributed by atoms with Gasteiger partial charge in [-0.15, -0.1) is 0 Å². The Labute approximate surface area is 192 Å². The highest BCUT2D eigenvalue weighted by atomic mass is 19.1. The van der Waals surface area contributed by atoms with Gasteiger partial charge in [-0.2, -0.15) is 0 Å². The molecule has 0 amide bonds. The van der Waals surface area contributed by atoms with Crippen molar-refractivity contribution in [3.05, 3.63) is 58.9 Å². The fourth-order valence-corrected chi connectivity index (χ4v) is 4.27. The van der Waals surface area contributed by atoms with Crippen molar-refractivity contribution in [1.29, 1.82) is 0 Å². The Morgan fingerprint density at radius 3 is 2.70 bits per heavy atom. The number of ether oxygens (including phenoxy) is 2. The fraction of sp³-hybridized carbons (Fsp3) is 0.440. The molecule has 0 aliphatic carbocycles. The summed E-state index contributed by atoms with van der Waals surface area (Å²) in [6.45, 7) is 7.58. The average molecular weight is 458 g/mol. The molecule has 1 aromatic carbocycles. The number of hydrogen-bond donors (Lipinski definition) is 0. The summed E-state index contributed by atoms with van der Waals surface area (Å²) in [4.78, 5) is 18.9. The van der Waals surface area contributed by atoms with Crippen molar-refractivity contribution >= 4 is 11.6 Å². The zero-order valence-corrected chi connectivity index (χ0v) is 19.4. The van der Waals surface area contributed by atoms with Crippen LogP contribution in [0.1, 0.15) is 36.6 Å². The SMILES string of the molecule is CCOC(=O)C(C)c1cc(F)c(-c2nc3cc(C)ccn3c2CC2CN(C)CCO2)c(F)c1. The van der Waals surface area contributed by atoms with Crippen LogP contribution in [0.3, 0.4) is 0 Å². The predicted octanol–water partition coefficient (Wildman–Crippen LogP) is 4.13. The zero-order chi connectivity index (χ0) is 23.7. The molecule has 0 radical (unpaired) electrons. The number of benzene rings is 1. The molecule has 176 valence electrons. The standard InChI is InChI=1S/C25H29F2N3O3/c1-5-32-25(31)16(3)17-11-19(26)23(20(27)12-17)24-21(13-18-14-29(4)8-9-33-18)30-7-6-15(2)10-22(30)28-24/h6-7,10-12,16,18H,5,8-9,13-14H2,1-4H3. The van der Waals surface area contributed by atoms with Gasteiger partial charge in [-0.1, -0.05) is 0 Å². The van der Waals surface area contributed by atoms with Gasteiger partial charge in [0.25, 0.3) is 0 Å². The Bertz CT molecular complexity index is 1150. The number of pyridine rings is 1. The number of carbonyl (C=O) groups excluding carboxylic acids is 1. The van der Waals surface area contributed by atoms with Crippen molar-refractivity contribution < 1.29 is 23.0 Å². The molecule has 8 heteroatoms. The number of likely N-dealkylation sites (N-methyl/N-ethyl adjacent to an activating group) is 1. The van der Waals surface area contributed by atoms with E-state index in [4.69, 9.17) is 9.47 Å². The van der Waals surface area contributed by atoms with E-state index in [0.29, 0.717) is 24.4 Å². The first-order valence-electron chi connectivity index (χ1n) is 11.2. The number of morpholine rings is 1. The highest BCUT2D eigenvalue weighted by molar-refractivity contribution is 5.78. The van der Waals surface area contributed by atoms with Crippen LogP contribution in [0.2, 0.25) is 0 Å². The van der Waals surface area contributed by atoms with E-state index in [1.165, 1.54) is 12.1 Å². The topological polar surface area (TPSA) is 56.1 Å². The second-order valence-electron chi connectivity index (χ2n) is 8.63. The second kappa shape index (κ2) is 9.57. The van der Waals surface area contributed by atoms with E-state index >= 15 is 8.78 Å². The third kappa shape index (κ3) is 4.77. The van der Waals surface area contributed by atoms with E-state index < -0.39 is 23.5 Å². The fourth-order valence-electron chi connectivity index (χ4n) is 4.27. The van der Waals surface area contributed by atoms with Crippen molar-refractivity contribution in [2.24, 2.45) is 0 Å². The van der Waals surface area contributed by atoms with Crippen molar-refractivity contribution in [2.45, 2.75) is 39.2 Å². The van der Waals surface area contributed by atoms with Gasteiger partial charge in [-0.25, -0.2) is 13.8 Å². The first kappa shape index (κ1) is 23.3. The summed E-state index contributed by atoms with van der Waals surface area (Å²) in [5, 5.41) is 0.